The summed E-state index contributed by atoms with van der Waals surface area (Å²) in [5.41, 5.74) is 1.39. The van der Waals surface area contributed by atoms with Gasteiger partial charge >= 0.3 is 0 Å². The van der Waals surface area contributed by atoms with Crippen molar-refractivity contribution in [3.63, 3.8) is 0 Å². The number of fused-ring (bicyclic) bond motifs is 1. The standard InChI is InChI=1S/C19H15FO2S/c20-19-9-6-16(7-10-19)14-23(21,22)12-11-15-5-8-17-3-1-2-4-18(17)13-15/h1-13H,14H2. The van der Waals surface area contributed by atoms with Gasteiger partial charge in [-0.25, -0.2) is 12.8 Å². The van der Waals surface area contributed by atoms with Gasteiger partial charge in [0.25, 0.3) is 0 Å². The SMILES string of the molecule is O=S(=O)(C=Cc1ccc2ccccc2c1)Cc1ccc(F)cc1. The third-order valence-corrected chi connectivity index (χ3v) is 4.81. The van der Waals surface area contributed by atoms with Crippen LogP contribution in [0.15, 0.2) is 72.1 Å². The van der Waals surface area contributed by atoms with E-state index in [9.17, 15) is 12.8 Å². The highest BCUT2D eigenvalue weighted by Crippen LogP contribution is 2.17. The largest absolute Gasteiger partial charge is 0.224 e. The van der Waals surface area contributed by atoms with Crippen molar-refractivity contribution in [2.24, 2.45) is 0 Å². The van der Waals surface area contributed by atoms with E-state index in [-0.39, 0.29) is 11.6 Å². The van der Waals surface area contributed by atoms with Crippen LogP contribution in [0.2, 0.25) is 0 Å². The van der Waals surface area contributed by atoms with Crippen LogP contribution in [0, 0.1) is 5.82 Å². The molecule has 0 aliphatic rings. The molecule has 0 saturated heterocycles. The van der Waals surface area contributed by atoms with E-state index in [1.807, 2.05) is 42.5 Å². The monoisotopic (exact) mass is 326 g/mol. The Morgan fingerprint density at radius 3 is 2.30 bits per heavy atom. The molecular formula is C19H15FO2S. The molecule has 116 valence electrons. The predicted octanol–water partition coefficient (Wildman–Crippen LogP) is 4.56. The Balaban J connectivity index is 1.80. The summed E-state index contributed by atoms with van der Waals surface area (Å²) in [5, 5.41) is 3.38. The Hall–Kier alpha value is -2.46. The van der Waals surface area contributed by atoms with E-state index in [4.69, 9.17) is 0 Å². The van der Waals surface area contributed by atoms with Gasteiger partial charge in [0.15, 0.2) is 9.84 Å². The molecule has 0 spiro atoms. The van der Waals surface area contributed by atoms with E-state index in [1.54, 1.807) is 6.08 Å². The lowest BCUT2D eigenvalue weighted by atomic mass is 10.1. The first-order chi connectivity index (χ1) is 11.0. The van der Waals surface area contributed by atoms with E-state index in [2.05, 4.69) is 0 Å². The molecule has 0 N–H and O–H groups in total. The Bertz CT molecular complexity index is 958. The van der Waals surface area contributed by atoms with Crippen molar-refractivity contribution < 1.29 is 12.8 Å². The summed E-state index contributed by atoms with van der Waals surface area (Å²) in [6.45, 7) is 0. The Morgan fingerprint density at radius 2 is 1.57 bits per heavy atom. The molecule has 3 rings (SSSR count). The highest BCUT2D eigenvalue weighted by atomic mass is 32.2. The molecule has 3 aromatic carbocycles. The summed E-state index contributed by atoms with van der Waals surface area (Å²) in [6.07, 6.45) is 1.59. The second-order valence-electron chi connectivity index (χ2n) is 5.34. The van der Waals surface area contributed by atoms with E-state index in [0.717, 1.165) is 16.3 Å². The first-order valence-electron chi connectivity index (χ1n) is 7.16. The van der Waals surface area contributed by atoms with Crippen LogP contribution in [0.1, 0.15) is 11.1 Å². The van der Waals surface area contributed by atoms with Crippen molar-refractivity contribution in [3.8, 4) is 0 Å². The number of halogens is 1. The summed E-state index contributed by atoms with van der Waals surface area (Å²) >= 11 is 0. The highest BCUT2D eigenvalue weighted by Gasteiger charge is 2.08. The minimum absolute atomic E-state index is 0.142. The molecule has 2 nitrogen and oxygen atoms in total. The molecule has 0 heterocycles. The van der Waals surface area contributed by atoms with E-state index in [0.29, 0.717) is 5.56 Å². The van der Waals surface area contributed by atoms with Gasteiger partial charge in [-0.15, -0.1) is 0 Å². The number of rotatable bonds is 4. The maximum Gasteiger partial charge on any atom is 0.175 e. The van der Waals surface area contributed by atoms with E-state index in [1.165, 1.54) is 29.7 Å². The van der Waals surface area contributed by atoms with Crippen molar-refractivity contribution in [1.29, 1.82) is 0 Å². The summed E-state index contributed by atoms with van der Waals surface area (Å²) in [7, 11) is -3.40. The van der Waals surface area contributed by atoms with Crippen molar-refractivity contribution in [2.75, 3.05) is 0 Å². The molecule has 4 heteroatoms. The Kier molecular flexibility index (Phi) is 4.26. The lowest BCUT2D eigenvalue weighted by molar-refractivity contribution is 0.603. The summed E-state index contributed by atoms with van der Waals surface area (Å²) in [6, 6.07) is 19.2. The maximum absolute atomic E-state index is 12.9. The van der Waals surface area contributed by atoms with Crippen molar-refractivity contribution in [2.45, 2.75) is 5.75 Å². The molecule has 0 aliphatic carbocycles. The molecule has 0 bridgehead atoms. The number of benzene rings is 3. The smallest absolute Gasteiger partial charge is 0.175 e. The molecule has 23 heavy (non-hydrogen) atoms. The molecule has 3 aromatic rings. The summed E-state index contributed by atoms with van der Waals surface area (Å²) < 4.78 is 37.1. The van der Waals surface area contributed by atoms with Gasteiger partial charge in [0, 0.05) is 5.41 Å². The lowest BCUT2D eigenvalue weighted by Crippen LogP contribution is -1.99. The molecule has 0 amide bonds. The Morgan fingerprint density at radius 1 is 0.870 bits per heavy atom. The molecule has 0 aliphatic heterocycles. The van der Waals surface area contributed by atoms with Crippen LogP contribution in [0.25, 0.3) is 16.8 Å². The normalized spacial score (nSPS) is 12.0. The van der Waals surface area contributed by atoms with Crippen LogP contribution >= 0.6 is 0 Å². The van der Waals surface area contributed by atoms with Crippen LogP contribution in [-0.2, 0) is 15.6 Å². The average molecular weight is 326 g/mol. The van der Waals surface area contributed by atoms with E-state index < -0.39 is 9.84 Å². The number of sulfone groups is 1. The predicted molar refractivity (Wildman–Crippen MR) is 92.0 cm³/mol. The van der Waals surface area contributed by atoms with E-state index >= 15 is 0 Å². The van der Waals surface area contributed by atoms with Gasteiger partial charge in [-0.1, -0.05) is 48.5 Å². The zero-order chi connectivity index (χ0) is 16.3. The van der Waals surface area contributed by atoms with Crippen LogP contribution in [0.5, 0.6) is 0 Å². The molecule has 0 unspecified atom stereocenters. The van der Waals surface area contributed by atoms with Gasteiger partial charge in [-0.05, 0) is 46.2 Å². The first-order valence-corrected chi connectivity index (χ1v) is 8.87. The maximum atomic E-state index is 12.9. The van der Waals surface area contributed by atoms with Gasteiger partial charge in [0.1, 0.15) is 5.82 Å². The lowest BCUT2D eigenvalue weighted by Gasteiger charge is -2.01. The van der Waals surface area contributed by atoms with Crippen LogP contribution < -0.4 is 0 Å². The minimum Gasteiger partial charge on any atom is -0.224 e. The quantitative estimate of drug-likeness (QED) is 0.704. The van der Waals surface area contributed by atoms with Crippen molar-refractivity contribution >= 4 is 26.7 Å². The fourth-order valence-electron chi connectivity index (χ4n) is 2.35. The third-order valence-electron chi connectivity index (χ3n) is 3.52. The molecular weight excluding hydrogens is 311 g/mol. The fraction of sp³-hybridized carbons (Fsp3) is 0.0526. The summed E-state index contributed by atoms with van der Waals surface area (Å²) in [5.74, 6) is -0.518. The Labute approximate surface area is 134 Å². The molecule has 0 fully saturated rings. The van der Waals surface area contributed by atoms with Crippen LogP contribution in [-0.4, -0.2) is 8.42 Å². The number of hydrogen-bond acceptors (Lipinski definition) is 2. The van der Waals surface area contributed by atoms with Crippen molar-refractivity contribution in [3.05, 3.63) is 89.1 Å². The fourth-order valence-corrected chi connectivity index (χ4v) is 3.47. The highest BCUT2D eigenvalue weighted by molar-refractivity contribution is 7.93. The molecule has 0 aromatic heterocycles. The zero-order valence-electron chi connectivity index (χ0n) is 12.3. The molecule has 0 atom stereocenters. The van der Waals surface area contributed by atoms with Gasteiger partial charge in [-0.2, -0.15) is 0 Å². The topological polar surface area (TPSA) is 34.1 Å². The third kappa shape index (κ3) is 4.05. The van der Waals surface area contributed by atoms with Crippen LogP contribution in [0.3, 0.4) is 0 Å². The zero-order valence-corrected chi connectivity index (χ0v) is 13.1. The first kappa shape index (κ1) is 15.4. The van der Waals surface area contributed by atoms with Crippen molar-refractivity contribution in [1.82, 2.24) is 0 Å². The second-order valence-corrected chi connectivity index (χ2v) is 7.23. The second kappa shape index (κ2) is 6.34. The van der Waals surface area contributed by atoms with Gasteiger partial charge < -0.3 is 0 Å². The average Bonchev–Trinajstić information content (AvgIpc) is 2.55. The van der Waals surface area contributed by atoms with Gasteiger partial charge in [0.2, 0.25) is 0 Å². The van der Waals surface area contributed by atoms with Gasteiger partial charge in [0.05, 0.1) is 5.75 Å². The number of hydrogen-bond donors (Lipinski definition) is 0. The summed E-state index contributed by atoms with van der Waals surface area (Å²) in [4.78, 5) is 0. The molecule has 0 radical (unpaired) electrons. The minimum atomic E-state index is -3.40. The molecule has 0 saturated carbocycles. The van der Waals surface area contributed by atoms with Gasteiger partial charge in [-0.3, -0.25) is 0 Å². The van der Waals surface area contributed by atoms with Crippen LogP contribution in [0.4, 0.5) is 4.39 Å².